The molecule has 0 fully saturated rings. The number of phenolic OH excluding ortho intramolecular Hbond substituents is 2. The van der Waals surface area contributed by atoms with Crippen molar-refractivity contribution in [3.05, 3.63) is 70.4 Å². The maximum absolute atomic E-state index is 13.3. The number of carbonyl (C=O) groups excluding carboxylic acids is 1. The number of pyridine rings is 1. The molecule has 3 aromatic carbocycles. The highest BCUT2D eigenvalue weighted by molar-refractivity contribution is 5.97. The zero-order chi connectivity index (χ0) is 32.4. The van der Waals surface area contributed by atoms with E-state index in [2.05, 4.69) is 10.8 Å². The third kappa shape index (κ3) is 5.89. The second-order valence-electron chi connectivity index (χ2n) is 11.8. The van der Waals surface area contributed by atoms with Crippen LogP contribution in [0.3, 0.4) is 0 Å². The molecule has 240 valence electrons. The van der Waals surface area contributed by atoms with Crippen LogP contribution in [0.4, 0.5) is 0 Å². The van der Waals surface area contributed by atoms with E-state index in [1.54, 1.807) is 34.1 Å². The fourth-order valence-corrected chi connectivity index (χ4v) is 6.36. The molecule has 2 aliphatic rings. The highest BCUT2D eigenvalue weighted by Gasteiger charge is 2.33. The van der Waals surface area contributed by atoms with E-state index < -0.39 is 0 Å². The first-order valence-corrected chi connectivity index (χ1v) is 15.7. The molecule has 0 atom stereocenters. The summed E-state index contributed by atoms with van der Waals surface area (Å²) in [6, 6.07) is 9.50. The Labute approximate surface area is 268 Å². The highest BCUT2D eigenvalue weighted by Crippen LogP contribution is 2.44. The number of hydrogen-bond acceptors (Lipinski definition) is 8. The highest BCUT2D eigenvalue weighted by atomic mass is 16.7. The molecule has 1 aromatic heterocycles. The van der Waals surface area contributed by atoms with Crippen LogP contribution in [0.5, 0.6) is 34.5 Å². The number of aromatic hydroxyl groups is 2. The maximum atomic E-state index is 13.3. The minimum absolute atomic E-state index is 0.102. The Morgan fingerprint density at radius 2 is 1.78 bits per heavy atom. The fourth-order valence-electron chi connectivity index (χ4n) is 6.36. The third-order valence-corrected chi connectivity index (χ3v) is 9.01. The lowest BCUT2D eigenvalue weighted by Gasteiger charge is -2.20. The molecular formula is C37H40NO8+. The predicted octanol–water partition coefficient (Wildman–Crippen LogP) is 6.48. The summed E-state index contributed by atoms with van der Waals surface area (Å²) >= 11 is 0. The SMILES string of the molecule is COc1ccc2c(CC(=O)OCCCCC/C=C/c3cc(O)c(C)c(C)c3O)c3[n+](cc2c1OC)CCc1cc2c(cc1-3)OCO2. The molecular weight excluding hydrogens is 586 g/mol. The zero-order valence-electron chi connectivity index (χ0n) is 26.8. The number of methoxy groups -OCH3 is 2. The van der Waals surface area contributed by atoms with Gasteiger partial charge in [-0.25, -0.2) is 0 Å². The standard InChI is InChI=1S/C37H39NO8/c1-22-23(2)36(41)25(16-30(22)39)10-8-6-5-7-9-15-44-34(40)19-28-26-11-12-31(42-3)37(43-4)29(26)20-38-14-13-24-17-32-33(46-21-45-32)18-27(24)35(28)38/h8,10-12,16-18,20H,5-7,9,13-15,19,21H2,1-4H3,(H-,39,41)/p+1/b10-8+. The number of benzene rings is 3. The molecule has 3 heterocycles. The number of carbonyl (C=O) groups is 1. The summed E-state index contributed by atoms with van der Waals surface area (Å²) in [4.78, 5) is 13.3. The molecule has 46 heavy (non-hydrogen) atoms. The molecule has 0 saturated carbocycles. The monoisotopic (exact) mass is 626 g/mol. The van der Waals surface area contributed by atoms with Crippen LogP contribution in [0.25, 0.3) is 28.1 Å². The molecule has 4 aromatic rings. The van der Waals surface area contributed by atoms with Gasteiger partial charge in [-0.05, 0) is 86.6 Å². The topological polar surface area (TPSA) is 108 Å². The van der Waals surface area contributed by atoms with Gasteiger partial charge >= 0.3 is 5.97 Å². The van der Waals surface area contributed by atoms with Crippen LogP contribution in [0, 0.1) is 13.8 Å². The summed E-state index contributed by atoms with van der Waals surface area (Å²) in [6.45, 7) is 4.84. The molecule has 0 aliphatic carbocycles. The molecule has 2 N–H and O–H groups in total. The average molecular weight is 627 g/mol. The van der Waals surface area contributed by atoms with Gasteiger partial charge in [-0.1, -0.05) is 12.2 Å². The number of phenols is 2. The Hall–Kier alpha value is -4.92. The van der Waals surface area contributed by atoms with Gasteiger partial charge < -0.3 is 33.9 Å². The van der Waals surface area contributed by atoms with Crippen LogP contribution < -0.4 is 23.5 Å². The number of hydrogen-bond donors (Lipinski definition) is 2. The summed E-state index contributed by atoms with van der Waals surface area (Å²) in [5.41, 5.74) is 5.97. The van der Waals surface area contributed by atoms with Gasteiger partial charge in [0.05, 0.1) is 38.2 Å². The Morgan fingerprint density at radius 1 is 0.978 bits per heavy atom. The molecule has 0 radical (unpaired) electrons. The van der Waals surface area contributed by atoms with E-state index in [9.17, 15) is 15.0 Å². The average Bonchev–Trinajstić information content (AvgIpc) is 3.52. The number of unbranched alkanes of at least 4 members (excludes halogenated alkanes) is 3. The molecule has 9 heteroatoms. The predicted molar refractivity (Wildman–Crippen MR) is 174 cm³/mol. The van der Waals surface area contributed by atoms with Gasteiger partial charge in [-0.15, -0.1) is 0 Å². The maximum Gasteiger partial charge on any atom is 0.310 e. The Balaban J connectivity index is 1.15. The molecule has 0 bridgehead atoms. The number of ether oxygens (including phenoxy) is 5. The Bertz CT molecular complexity index is 1840. The van der Waals surface area contributed by atoms with Gasteiger partial charge in [0.2, 0.25) is 12.5 Å². The smallest absolute Gasteiger partial charge is 0.310 e. The molecule has 0 amide bonds. The third-order valence-electron chi connectivity index (χ3n) is 9.01. The van der Waals surface area contributed by atoms with Crippen molar-refractivity contribution in [1.82, 2.24) is 0 Å². The minimum Gasteiger partial charge on any atom is -0.508 e. The van der Waals surface area contributed by atoms with Crippen molar-refractivity contribution in [2.45, 2.75) is 58.9 Å². The number of esters is 1. The normalized spacial score (nSPS) is 13.1. The quantitative estimate of drug-likeness (QED) is 0.0843. The summed E-state index contributed by atoms with van der Waals surface area (Å²) in [5, 5.41) is 22.2. The zero-order valence-corrected chi connectivity index (χ0v) is 26.8. The van der Waals surface area contributed by atoms with Gasteiger partial charge in [0, 0.05) is 22.9 Å². The van der Waals surface area contributed by atoms with E-state index in [-0.39, 0.29) is 30.7 Å². The Morgan fingerprint density at radius 3 is 2.57 bits per heavy atom. The largest absolute Gasteiger partial charge is 0.508 e. The van der Waals surface area contributed by atoms with E-state index in [1.165, 1.54) is 0 Å². The molecule has 0 saturated heterocycles. The van der Waals surface area contributed by atoms with Crippen LogP contribution in [0.1, 0.15) is 53.5 Å². The molecule has 0 spiro atoms. The Kier molecular flexibility index (Phi) is 8.92. The number of aryl methyl sites for hydroxylation is 2. The van der Waals surface area contributed by atoms with Gasteiger partial charge in [0.25, 0.3) is 0 Å². The molecule has 9 nitrogen and oxygen atoms in total. The van der Waals surface area contributed by atoms with E-state index in [0.29, 0.717) is 40.5 Å². The van der Waals surface area contributed by atoms with Crippen molar-refractivity contribution in [2.75, 3.05) is 27.6 Å². The van der Waals surface area contributed by atoms with Crippen molar-refractivity contribution in [3.63, 3.8) is 0 Å². The first-order valence-electron chi connectivity index (χ1n) is 15.7. The van der Waals surface area contributed by atoms with Gasteiger partial charge in [-0.3, -0.25) is 4.79 Å². The molecule has 2 aliphatic heterocycles. The van der Waals surface area contributed by atoms with Crippen molar-refractivity contribution in [2.24, 2.45) is 0 Å². The van der Waals surface area contributed by atoms with E-state index in [4.69, 9.17) is 23.7 Å². The number of aromatic nitrogens is 1. The van der Waals surface area contributed by atoms with Gasteiger partial charge in [-0.2, -0.15) is 4.57 Å². The van der Waals surface area contributed by atoms with Crippen LogP contribution in [0.2, 0.25) is 0 Å². The molecule has 0 unspecified atom stereocenters. The number of rotatable bonds is 11. The van der Waals surface area contributed by atoms with Crippen LogP contribution in [-0.2, 0) is 28.9 Å². The first kappa shape index (κ1) is 31.1. The van der Waals surface area contributed by atoms with Crippen molar-refractivity contribution in [3.8, 4) is 45.8 Å². The van der Waals surface area contributed by atoms with Crippen LogP contribution >= 0.6 is 0 Å². The van der Waals surface area contributed by atoms with E-state index in [0.717, 1.165) is 77.6 Å². The van der Waals surface area contributed by atoms with Crippen molar-refractivity contribution in [1.29, 1.82) is 0 Å². The van der Waals surface area contributed by atoms with Crippen LogP contribution in [0.15, 0.2) is 42.6 Å². The first-order chi connectivity index (χ1) is 22.3. The lowest BCUT2D eigenvalue weighted by atomic mass is 9.90. The van der Waals surface area contributed by atoms with Gasteiger partial charge in [0.15, 0.2) is 35.7 Å². The van der Waals surface area contributed by atoms with Crippen molar-refractivity contribution < 1.29 is 43.3 Å². The summed E-state index contributed by atoms with van der Waals surface area (Å²) in [5.74, 6) is 2.78. The summed E-state index contributed by atoms with van der Waals surface area (Å²) in [6.07, 6.45) is 10.2. The fraction of sp³-hybridized carbons (Fsp3) is 0.351. The molecule has 6 rings (SSSR count). The van der Waals surface area contributed by atoms with E-state index in [1.807, 2.05) is 36.4 Å². The second-order valence-corrected chi connectivity index (χ2v) is 11.8. The summed E-state index contributed by atoms with van der Waals surface area (Å²) < 4.78 is 30.6. The number of nitrogens with zero attached hydrogens (tertiary/aromatic N) is 1. The number of fused-ring (bicyclic) bond motifs is 5. The van der Waals surface area contributed by atoms with Crippen LogP contribution in [-0.4, -0.2) is 43.8 Å². The lowest BCUT2D eigenvalue weighted by Crippen LogP contribution is -2.41. The number of allylic oxidation sites excluding steroid dienone is 1. The van der Waals surface area contributed by atoms with Gasteiger partial charge in [0.1, 0.15) is 11.5 Å². The summed E-state index contributed by atoms with van der Waals surface area (Å²) in [7, 11) is 3.24. The lowest BCUT2D eigenvalue weighted by molar-refractivity contribution is -0.686. The minimum atomic E-state index is -0.289. The van der Waals surface area contributed by atoms with Crippen molar-refractivity contribution >= 4 is 22.8 Å². The second kappa shape index (κ2) is 13.2. The van der Waals surface area contributed by atoms with E-state index >= 15 is 0 Å².